The van der Waals surface area contributed by atoms with Crippen LogP contribution < -0.4 is 5.43 Å². The first-order valence-corrected chi connectivity index (χ1v) is 4.90. The van der Waals surface area contributed by atoms with Crippen molar-refractivity contribution in [2.75, 3.05) is 5.43 Å². The van der Waals surface area contributed by atoms with Crippen molar-refractivity contribution < 1.29 is 4.42 Å². The summed E-state index contributed by atoms with van der Waals surface area (Å²) >= 11 is 0. The highest BCUT2D eigenvalue weighted by atomic mass is 16.3. The number of rotatable bonds is 3. The number of hydrogen-bond donors (Lipinski definition) is 2. The first-order chi connectivity index (χ1) is 8.43. The second-order valence-corrected chi connectivity index (χ2v) is 3.21. The van der Waals surface area contributed by atoms with Gasteiger partial charge in [-0.2, -0.15) is 5.10 Å². The zero-order valence-corrected chi connectivity index (χ0v) is 8.66. The number of imidazole rings is 1. The Morgan fingerprint density at radius 2 is 2.35 bits per heavy atom. The van der Waals surface area contributed by atoms with Crippen molar-refractivity contribution in [2.45, 2.75) is 0 Å². The van der Waals surface area contributed by atoms with Crippen LogP contribution in [-0.2, 0) is 0 Å². The van der Waals surface area contributed by atoms with Gasteiger partial charge in [0.2, 0.25) is 0 Å². The van der Waals surface area contributed by atoms with Crippen molar-refractivity contribution in [1.29, 1.82) is 0 Å². The van der Waals surface area contributed by atoms with Crippen LogP contribution in [0.5, 0.6) is 0 Å². The maximum atomic E-state index is 5.10. The lowest BCUT2D eigenvalue weighted by Gasteiger charge is -1.98. The van der Waals surface area contributed by atoms with Gasteiger partial charge in [0.05, 0.1) is 18.8 Å². The Balaban J connectivity index is 1.83. The number of aromatic amines is 1. The lowest BCUT2D eigenvalue weighted by atomic mass is 10.5. The number of hydrazone groups is 1. The van der Waals surface area contributed by atoms with Gasteiger partial charge in [-0.3, -0.25) is 5.43 Å². The van der Waals surface area contributed by atoms with Crippen LogP contribution in [0.25, 0.3) is 11.2 Å². The molecule has 0 atom stereocenters. The van der Waals surface area contributed by atoms with E-state index in [0.29, 0.717) is 22.7 Å². The van der Waals surface area contributed by atoms with Crippen molar-refractivity contribution in [3.63, 3.8) is 0 Å². The molecule has 0 amide bonds. The van der Waals surface area contributed by atoms with Crippen LogP contribution in [0.15, 0.2) is 40.6 Å². The predicted molar refractivity (Wildman–Crippen MR) is 61.6 cm³/mol. The molecule has 0 saturated heterocycles. The van der Waals surface area contributed by atoms with Gasteiger partial charge in [-0.05, 0) is 12.1 Å². The molecule has 0 saturated carbocycles. The minimum absolute atomic E-state index is 0.565. The molecule has 3 rings (SSSR count). The molecule has 0 aliphatic carbocycles. The molecule has 17 heavy (non-hydrogen) atoms. The van der Waals surface area contributed by atoms with E-state index in [1.165, 1.54) is 6.33 Å². The molecule has 0 radical (unpaired) electrons. The van der Waals surface area contributed by atoms with Crippen LogP contribution in [0.4, 0.5) is 5.82 Å². The second kappa shape index (κ2) is 4.05. The van der Waals surface area contributed by atoms with E-state index in [4.69, 9.17) is 4.42 Å². The summed E-state index contributed by atoms with van der Waals surface area (Å²) in [5.74, 6) is 1.22. The van der Waals surface area contributed by atoms with E-state index in [1.807, 2.05) is 0 Å². The second-order valence-electron chi connectivity index (χ2n) is 3.21. The summed E-state index contributed by atoms with van der Waals surface area (Å²) in [4.78, 5) is 15.0. The van der Waals surface area contributed by atoms with Crippen LogP contribution in [-0.4, -0.2) is 26.2 Å². The summed E-state index contributed by atoms with van der Waals surface area (Å²) in [5.41, 5.74) is 4.10. The highest BCUT2D eigenvalue weighted by molar-refractivity contribution is 5.83. The summed E-state index contributed by atoms with van der Waals surface area (Å²) in [5, 5.41) is 4.01. The maximum absolute atomic E-state index is 5.10. The van der Waals surface area contributed by atoms with E-state index < -0.39 is 0 Å². The quantitative estimate of drug-likeness (QED) is 0.522. The number of furan rings is 1. The Morgan fingerprint density at radius 1 is 1.35 bits per heavy atom. The summed E-state index contributed by atoms with van der Waals surface area (Å²) in [6.45, 7) is 0. The maximum Gasteiger partial charge on any atom is 0.182 e. The summed E-state index contributed by atoms with van der Waals surface area (Å²) in [6, 6.07) is 3.59. The molecular formula is C10H8N6O. The van der Waals surface area contributed by atoms with Crippen LogP contribution in [0.1, 0.15) is 5.76 Å². The highest BCUT2D eigenvalue weighted by Gasteiger charge is 2.03. The fourth-order valence-electron chi connectivity index (χ4n) is 1.37. The van der Waals surface area contributed by atoms with Gasteiger partial charge in [0.1, 0.15) is 17.6 Å². The van der Waals surface area contributed by atoms with E-state index in [1.54, 1.807) is 30.9 Å². The van der Waals surface area contributed by atoms with Gasteiger partial charge in [-0.1, -0.05) is 0 Å². The molecule has 2 N–H and O–H groups in total. The molecule has 3 aromatic rings. The Kier molecular flexibility index (Phi) is 2.27. The van der Waals surface area contributed by atoms with Crippen molar-refractivity contribution in [2.24, 2.45) is 5.10 Å². The Morgan fingerprint density at radius 3 is 3.24 bits per heavy atom. The summed E-state index contributed by atoms with van der Waals surface area (Å²) < 4.78 is 5.10. The first-order valence-electron chi connectivity index (χ1n) is 4.90. The fourth-order valence-corrected chi connectivity index (χ4v) is 1.37. The lowest BCUT2D eigenvalue weighted by molar-refractivity contribution is 0.560. The fraction of sp³-hybridized carbons (Fsp3) is 0. The Hall–Kier alpha value is -2.70. The largest absolute Gasteiger partial charge is 0.463 e. The molecule has 0 fully saturated rings. The zero-order valence-electron chi connectivity index (χ0n) is 8.66. The smallest absolute Gasteiger partial charge is 0.182 e. The number of nitrogens with one attached hydrogen (secondary N) is 2. The van der Waals surface area contributed by atoms with Gasteiger partial charge < -0.3 is 9.40 Å². The van der Waals surface area contributed by atoms with Gasteiger partial charge >= 0.3 is 0 Å². The number of fused-ring (bicyclic) bond motifs is 1. The molecule has 84 valence electrons. The van der Waals surface area contributed by atoms with E-state index >= 15 is 0 Å². The molecule has 0 aliphatic rings. The molecule has 3 aromatic heterocycles. The first kappa shape index (κ1) is 9.52. The van der Waals surface area contributed by atoms with Crippen LogP contribution in [0, 0.1) is 0 Å². The van der Waals surface area contributed by atoms with Gasteiger partial charge in [0.25, 0.3) is 0 Å². The molecule has 7 nitrogen and oxygen atoms in total. The SMILES string of the molecule is C(=N\Nc1ncnc2nc[nH]c12)/c1ccco1. The van der Waals surface area contributed by atoms with E-state index in [-0.39, 0.29) is 0 Å². The number of nitrogens with zero attached hydrogens (tertiary/aromatic N) is 4. The minimum Gasteiger partial charge on any atom is -0.463 e. The minimum atomic E-state index is 0.565. The molecular weight excluding hydrogens is 220 g/mol. The van der Waals surface area contributed by atoms with Crippen LogP contribution in [0.2, 0.25) is 0 Å². The molecule has 3 heterocycles. The monoisotopic (exact) mass is 228 g/mol. The van der Waals surface area contributed by atoms with E-state index in [0.717, 1.165) is 0 Å². The molecule has 0 aliphatic heterocycles. The molecule has 7 heteroatoms. The molecule has 0 bridgehead atoms. The predicted octanol–water partition coefficient (Wildman–Crippen LogP) is 1.39. The van der Waals surface area contributed by atoms with Crippen LogP contribution >= 0.6 is 0 Å². The third-order valence-electron chi connectivity index (χ3n) is 2.13. The van der Waals surface area contributed by atoms with Crippen LogP contribution in [0.3, 0.4) is 0 Å². The third kappa shape index (κ3) is 1.85. The molecule has 0 unspecified atom stereocenters. The topological polar surface area (TPSA) is 92.0 Å². The number of hydrogen-bond acceptors (Lipinski definition) is 6. The average Bonchev–Trinajstić information content (AvgIpc) is 2.99. The normalized spacial score (nSPS) is 11.3. The van der Waals surface area contributed by atoms with E-state index in [2.05, 4.69) is 30.5 Å². The highest BCUT2D eigenvalue weighted by Crippen LogP contribution is 2.13. The van der Waals surface area contributed by atoms with Crippen molar-refractivity contribution in [3.05, 3.63) is 36.8 Å². The standard InChI is InChI=1S/C10H8N6O/c1-2-7(17-3-1)4-15-16-10-8-9(12-5-11-8)13-6-14-10/h1-6H,(H2,11,12,13,14,16)/b15-4+. The Bertz CT molecular complexity index is 642. The number of anilines is 1. The lowest BCUT2D eigenvalue weighted by Crippen LogP contribution is -1.95. The zero-order chi connectivity index (χ0) is 11.5. The average molecular weight is 228 g/mol. The third-order valence-corrected chi connectivity index (χ3v) is 2.13. The summed E-state index contributed by atoms with van der Waals surface area (Å²) in [6.07, 6.45) is 6.12. The van der Waals surface area contributed by atoms with Gasteiger partial charge in [0.15, 0.2) is 11.5 Å². The molecule has 0 aromatic carbocycles. The van der Waals surface area contributed by atoms with E-state index in [9.17, 15) is 0 Å². The van der Waals surface area contributed by atoms with Gasteiger partial charge in [-0.25, -0.2) is 15.0 Å². The summed E-state index contributed by atoms with van der Waals surface area (Å²) in [7, 11) is 0. The van der Waals surface area contributed by atoms with Crippen molar-refractivity contribution in [3.8, 4) is 0 Å². The number of aromatic nitrogens is 4. The Labute approximate surface area is 95.6 Å². The van der Waals surface area contributed by atoms with Crippen molar-refractivity contribution in [1.82, 2.24) is 19.9 Å². The van der Waals surface area contributed by atoms with Gasteiger partial charge in [-0.15, -0.1) is 0 Å². The molecule has 0 spiro atoms. The van der Waals surface area contributed by atoms with Crippen molar-refractivity contribution >= 4 is 23.2 Å². The van der Waals surface area contributed by atoms with Gasteiger partial charge in [0, 0.05) is 0 Å². The number of H-pyrrole nitrogens is 1.